The molecule has 6 heteroatoms. The third-order valence-corrected chi connectivity index (χ3v) is 4.77. The number of ether oxygens (including phenoxy) is 1. The molecule has 1 aliphatic rings. The SMILES string of the molecule is CC1CC1CNS(=O)(=O)c1ccc(OCCN)cc1. The first-order valence-electron chi connectivity index (χ1n) is 6.45. The zero-order valence-corrected chi connectivity index (χ0v) is 11.8. The first kappa shape index (κ1) is 14.3. The van der Waals surface area contributed by atoms with Crippen LogP contribution < -0.4 is 15.2 Å². The van der Waals surface area contributed by atoms with Gasteiger partial charge in [0.25, 0.3) is 0 Å². The Kier molecular flexibility index (Phi) is 4.44. The summed E-state index contributed by atoms with van der Waals surface area (Å²) in [5.74, 6) is 1.75. The molecule has 0 heterocycles. The molecule has 0 bridgehead atoms. The predicted octanol–water partition coefficient (Wildman–Crippen LogP) is 0.958. The number of nitrogens with one attached hydrogen (secondary N) is 1. The van der Waals surface area contributed by atoms with Crippen LogP contribution in [-0.4, -0.2) is 28.1 Å². The lowest BCUT2D eigenvalue weighted by Gasteiger charge is -2.08. The minimum Gasteiger partial charge on any atom is -0.492 e. The summed E-state index contributed by atoms with van der Waals surface area (Å²) in [6.45, 7) is 3.50. The minimum absolute atomic E-state index is 0.265. The van der Waals surface area contributed by atoms with E-state index in [0.717, 1.165) is 6.42 Å². The van der Waals surface area contributed by atoms with Crippen LogP contribution in [-0.2, 0) is 10.0 Å². The summed E-state index contributed by atoms with van der Waals surface area (Å²) in [7, 11) is -3.41. The molecule has 0 aromatic heterocycles. The second kappa shape index (κ2) is 5.90. The van der Waals surface area contributed by atoms with E-state index in [-0.39, 0.29) is 4.90 Å². The average Bonchev–Trinajstić information content (AvgIpc) is 3.11. The topological polar surface area (TPSA) is 81.4 Å². The van der Waals surface area contributed by atoms with Crippen LogP contribution in [0.3, 0.4) is 0 Å². The Balaban J connectivity index is 1.95. The standard InChI is InChI=1S/C13H20N2O3S/c1-10-8-11(10)9-15-19(16,17)13-4-2-12(3-5-13)18-7-6-14/h2-5,10-11,15H,6-9,14H2,1H3. The number of benzene rings is 1. The zero-order valence-electron chi connectivity index (χ0n) is 11.0. The number of nitrogens with two attached hydrogens (primary N) is 1. The molecule has 0 aliphatic heterocycles. The molecule has 19 heavy (non-hydrogen) atoms. The second-order valence-electron chi connectivity index (χ2n) is 4.93. The number of hydrogen-bond donors (Lipinski definition) is 2. The Morgan fingerprint density at radius 2 is 2.00 bits per heavy atom. The molecule has 106 valence electrons. The monoisotopic (exact) mass is 284 g/mol. The summed E-state index contributed by atoms with van der Waals surface area (Å²) >= 11 is 0. The van der Waals surface area contributed by atoms with Gasteiger partial charge < -0.3 is 10.5 Å². The van der Waals surface area contributed by atoms with Crippen LogP contribution in [0.15, 0.2) is 29.2 Å². The van der Waals surface area contributed by atoms with Gasteiger partial charge in [0.1, 0.15) is 12.4 Å². The van der Waals surface area contributed by atoms with Gasteiger partial charge in [-0.2, -0.15) is 0 Å². The molecule has 1 fully saturated rings. The highest BCUT2D eigenvalue weighted by Gasteiger charge is 2.33. The Morgan fingerprint density at radius 1 is 1.37 bits per heavy atom. The van der Waals surface area contributed by atoms with Gasteiger partial charge >= 0.3 is 0 Å². The third-order valence-electron chi connectivity index (χ3n) is 3.33. The maximum atomic E-state index is 12.0. The fraction of sp³-hybridized carbons (Fsp3) is 0.538. The number of sulfonamides is 1. The van der Waals surface area contributed by atoms with Crippen LogP contribution in [0.5, 0.6) is 5.75 Å². The predicted molar refractivity (Wildman–Crippen MR) is 73.5 cm³/mol. The molecule has 2 rings (SSSR count). The summed E-state index contributed by atoms with van der Waals surface area (Å²) in [5.41, 5.74) is 5.33. The lowest BCUT2D eigenvalue weighted by atomic mass is 10.3. The maximum Gasteiger partial charge on any atom is 0.240 e. The van der Waals surface area contributed by atoms with Crippen LogP contribution in [0.25, 0.3) is 0 Å². The van der Waals surface area contributed by atoms with Crippen LogP contribution in [0.2, 0.25) is 0 Å². The molecule has 5 nitrogen and oxygen atoms in total. The highest BCUT2D eigenvalue weighted by atomic mass is 32.2. The van der Waals surface area contributed by atoms with Gasteiger partial charge in [0.05, 0.1) is 4.90 Å². The molecule has 2 atom stereocenters. The molecular weight excluding hydrogens is 264 g/mol. The summed E-state index contributed by atoms with van der Waals surface area (Å²) in [6, 6.07) is 6.38. The van der Waals surface area contributed by atoms with Gasteiger partial charge in [0.15, 0.2) is 0 Å². The van der Waals surface area contributed by atoms with E-state index in [1.165, 1.54) is 0 Å². The smallest absolute Gasteiger partial charge is 0.240 e. The quantitative estimate of drug-likeness (QED) is 0.781. The van der Waals surface area contributed by atoms with Crippen molar-refractivity contribution in [1.29, 1.82) is 0 Å². The summed E-state index contributed by atoms with van der Waals surface area (Å²) in [6.07, 6.45) is 1.11. The molecular formula is C13H20N2O3S. The van der Waals surface area contributed by atoms with Gasteiger partial charge in [-0.3, -0.25) is 0 Å². The van der Waals surface area contributed by atoms with Crippen LogP contribution in [0, 0.1) is 11.8 Å². The fourth-order valence-electron chi connectivity index (χ4n) is 1.88. The van der Waals surface area contributed by atoms with Gasteiger partial charge in [0, 0.05) is 13.1 Å². The summed E-state index contributed by atoms with van der Waals surface area (Å²) < 4.78 is 32.0. The molecule has 0 spiro atoms. The van der Waals surface area contributed by atoms with Crippen molar-refractivity contribution in [2.75, 3.05) is 19.7 Å². The van der Waals surface area contributed by atoms with Gasteiger partial charge in [-0.25, -0.2) is 13.1 Å². The molecule has 3 N–H and O–H groups in total. The largest absolute Gasteiger partial charge is 0.492 e. The van der Waals surface area contributed by atoms with Crippen molar-refractivity contribution in [1.82, 2.24) is 4.72 Å². The van der Waals surface area contributed by atoms with Gasteiger partial charge in [-0.1, -0.05) is 6.92 Å². The Hall–Kier alpha value is -1.11. The fourth-order valence-corrected chi connectivity index (χ4v) is 2.97. The van der Waals surface area contributed by atoms with Crippen LogP contribution in [0.1, 0.15) is 13.3 Å². The molecule has 0 radical (unpaired) electrons. The van der Waals surface area contributed by atoms with Crippen molar-refractivity contribution in [2.24, 2.45) is 17.6 Å². The Labute approximate surface area is 114 Å². The van der Waals surface area contributed by atoms with E-state index < -0.39 is 10.0 Å². The maximum absolute atomic E-state index is 12.0. The van der Waals surface area contributed by atoms with E-state index >= 15 is 0 Å². The van der Waals surface area contributed by atoms with E-state index in [1.807, 2.05) is 0 Å². The molecule has 0 amide bonds. The van der Waals surface area contributed by atoms with Gasteiger partial charge in [-0.15, -0.1) is 0 Å². The first-order valence-corrected chi connectivity index (χ1v) is 7.94. The number of hydrogen-bond acceptors (Lipinski definition) is 4. The van der Waals surface area contributed by atoms with Crippen molar-refractivity contribution in [3.63, 3.8) is 0 Å². The van der Waals surface area contributed by atoms with Crippen molar-refractivity contribution in [2.45, 2.75) is 18.2 Å². The van der Waals surface area contributed by atoms with E-state index in [1.54, 1.807) is 24.3 Å². The van der Waals surface area contributed by atoms with Crippen LogP contribution in [0.4, 0.5) is 0 Å². The van der Waals surface area contributed by atoms with Gasteiger partial charge in [-0.05, 0) is 42.5 Å². The highest BCUT2D eigenvalue weighted by Crippen LogP contribution is 2.37. The lowest BCUT2D eigenvalue weighted by Crippen LogP contribution is -2.26. The third kappa shape index (κ3) is 3.92. The Bertz CT molecular complexity index is 513. The molecule has 1 aromatic rings. The second-order valence-corrected chi connectivity index (χ2v) is 6.70. The van der Waals surface area contributed by atoms with Crippen LogP contribution >= 0.6 is 0 Å². The van der Waals surface area contributed by atoms with Crippen molar-refractivity contribution >= 4 is 10.0 Å². The van der Waals surface area contributed by atoms with Crippen molar-refractivity contribution in [3.05, 3.63) is 24.3 Å². The van der Waals surface area contributed by atoms with Crippen molar-refractivity contribution < 1.29 is 13.2 Å². The highest BCUT2D eigenvalue weighted by molar-refractivity contribution is 7.89. The molecule has 2 unspecified atom stereocenters. The molecule has 1 aliphatic carbocycles. The van der Waals surface area contributed by atoms with Crippen molar-refractivity contribution in [3.8, 4) is 5.75 Å². The zero-order chi connectivity index (χ0) is 13.9. The Morgan fingerprint density at radius 3 is 2.53 bits per heavy atom. The minimum atomic E-state index is -3.41. The molecule has 0 saturated heterocycles. The van der Waals surface area contributed by atoms with E-state index in [2.05, 4.69) is 11.6 Å². The van der Waals surface area contributed by atoms with E-state index in [9.17, 15) is 8.42 Å². The number of rotatable bonds is 7. The van der Waals surface area contributed by atoms with E-state index in [0.29, 0.717) is 37.3 Å². The normalized spacial score (nSPS) is 22.2. The average molecular weight is 284 g/mol. The summed E-state index contributed by atoms with van der Waals surface area (Å²) in [4.78, 5) is 0.265. The van der Waals surface area contributed by atoms with E-state index in [4.69, 9.17) is 10.5 Å². The first-order chi connectivity index (χ1) is 9.03. The summed E-state index contributed by atoms with van der Waals surface area (Å²) in [5, 5.41) is 0. The lowest BCUT2D eigenvalue weighted by molar-refractivity contribution is 0.328. The van der Waals surface area contributed by atoms with Gasteiger partial charge in [0.2, 0.25) is 10.0 Å². The molecule has 1 aromatic carbocycles. The molecule has 1 saturated carbocycles.